The Morgan fingerprint density at radius 1 is 0.353 bits per heavy atom. The fourth-order valence-corrected chi connectivity index (χ4v) is 65.9. The zero-order chi connectivity index (χ0) is 49.6. The van der Waals surface area contributed by atoms with Crippen molar-refractivity contribution in [3.8, 4) is 0 Å². The Bertz CT molecular complexity index is 1460. The SMILES string of the molecule is CCCC([Si](C)(C)Cl)[Si](C)(C)C1=[C-]CC=C1.CCCC([Si](C)(C)Cl)[Si](C)(C)C1=[C-]CC=C1.CCCC([Si](C)(C)Cl)[Si](C)(C)C1=[C-]CC=C1.CCCC([Si](C)(C)Cl)[Si](C)(C)C1=[C-]CC=C1.[Cl-].[Cl-].[Zr+2].[Zr+2]. The van der Waals surface area contributed by atoms with E-state index in [4.69, 9.17) is 44.3 Å². The first-order chi connectivity index (χ1) is 29.2. The number of halogens is 6. The molecule has 0 aromatic carbocycles. The predicted molar refractivity (Wildman–Crippen MR) is 320 cm³/mol. The first-order valence-electron chi connectivity index (χ1n) is 25.1. The third-order valence-corrected chi connectivity index (χ3v) is 60.2. The summed E-state index contributed by atoms with van der Waals surface area (Å²) in [6.45, 7) is 47.4. The van der Waals surface area contributed by atoms with Crippen LogP contribution in [-0.4, -0.2) is 61.8 Å². The Kier molecular flexibility index (Phi) is 39.0. The summed E-state index contributed by atoms with van der Waals surface area (Å²) in [5.41, 5.74) is 0. The molecule has 0 aromatic rings. The van der Waals surface area contributed by atoms with Crippen molar-refractivity contribution in [2.75, 3.05) is 0 Å². The molecule has 4 unspecified atom stereocenters. The summed E-state index contributed by atoms with van der Waals surface area (Å²) < 4.78 is 0. The second-order valence-corrected chi connectivity index (χ2v) is 71.3. The largest absolute Gasteiger partial charge is 2.00 e. The molecule has 16 heteroatoms. The van der Waals surface area contributed by atoms with Gasteiger partial charge < -0.3 is 24.8 Å². The quantitative estimate of drug-likeness (QED) is 0.0647. The molecule has 0 saturated carbocycles. The summed E-state index contributed by atoms with van der Waals surface area (Å²) in [6.07, 6.45) is 46.5. The van der Waals surface area contributed by atoms with Crippen LogP contribution in [0.4, 0.5) is 0 Å². The van der Waals surface area contributed by atoms with Crippen LogP contribution >= 0.6 is 44.3 Å². The van der Waals surface area contributed by atoms with E-state index in [0.717, 1.165) is 46.3 Å². The van der Waals surface area contributed by atoms with E-state index in [9.17, 15) is 0 Å². The van der Waals surface area contributed by atoms with Gasteiger partial charge in [0.05, 0.1) is 0 Å². The van der Waals surface area contributed by atoms with Gasteiger partial charge in [0.2, 0.25) is 0 Å². The molecule has 0 N–H and O–H groups in total. The van der Waals surface area contributed by atoms with Crippen LogP contribution in [0.15, 0.2) is 69.4 Å². The van der Waals surface area contributed by atoms with E-state index in [1.165, 1.54) is 72.2 Å². The second kappa shape index (κ2) is 34.1. The molecule has 0 bridgehead atoms. The monoisotopic (exact) mass is 1330 g/mol. The molecular weight excluding hydrogens is 1240 g/mol. The molecule has 4 rings (SSSR count). The third-order valence-electron chi connectivity index (χ3n) is 14.7. The van der Waals surface area contributed by atoms with E-state index >= 15 is 0 Å². The van der Waals surface area contributed by atoms with Gasteiger partial charge in [-0.15, -0.1) is 25.7 Å². The number of allylic oxidation sites excluding steroid dienone is 16. The van der Waals surface area contributed by atoms with Gasteiger partial charge in [-0.05, 0) is 20.7 Å². The average molecular weight is 1340 g/mol. The van der Waals surface area contributed by atoms with E-state index in [-0.39, 0.29) is 77.2 Å². The third kappa shape index (κ3) is 24.2. The van der Waals surface area contributed by atoms with E-state index in [1.807, 2.05) is 0 Å². The van der Waals surface area contributed by atoms with Gasteiger partial charge in [0.1, 0.15) is 0 Å². The van der Waals surface area contributed by atoms with Crippen LogP contribution < -0.4 is 24.8 Å². The summed E-state index contributed by atoms with van der Waals surface area (Å²) in [5.74, 6) is 0. The van der Waals surface area contributed by atoms with Crippen LogP contribution in [0, 0.1) is 24.3 Å². The van der Waals surface area contributed by atoms with E-state index in [0.29, 0.717) is 0 Å². The van der Waals surface area contributed by atoms with Crippen molar-refractivity contribution in [3.63, 3.8) is 0 Å². The van der Waals surface area contributed by atoms with E-state index in [1.54, 1.807) is 0 Å². The fraction of sp³-hybridized carbons (Fsp3) is 0.692. The Morgan fingerprint density at radius 3 is 0.588 bits per heavy atom. The van der Waals surface area contributed by atoms with Crippen LogP contribution in [-0.2, 0) is 52.4 Å². The van der Waals surface area contributed by atoms with Gasteiger partial charge in [0.15, 0.2) is 29.5 Å². The van der Waals surface area contributed by atoms with Crippen LogP contribution in [0.5, 0.6) is 0 Å². The average Bonchev–Trinajstić information content (AvgIpc) is 4.01. The zero-order valence-electron chi connectivity index (χ0n) is 46.7. The Balaban J connectivity index is -0.000000394. The minimum absolute atomic E-state index is 0. The molecular formula is C52H96Cl6Si8Zr2-2. The van der Waals surface area contributed by atoms with E-state index in [2.05, 4.69) is 205 Å². The van der Waals surface area contributed by atoms with E-state index < -0.39 is 61.8 Å². The number of rotatable bonds is 20. The summed E-state index contributed by atoms with van der Waals surface area (Å²) in [4.78, 5) is 0. The van der Waals surface area contributed by atoms with Gasteiger partial charge in [-0.2, -0.15) is 68.6 Å². The maximum Gasteiger partial charge on any atom is 2.00 e. The van der Waals surface area contributed by atoms with Gasteiger partial charge in [0, 0.05) is 32.3 Å². The molecule has 68 heavy (non-hydrogen) atoms. The Hall–Kier alpha value is 3.16. The fourth-order valence-electron chi connectivity index (χ4n) is 11.5. The maximum atomic E-state index is 6.75. The van der Waals surface area contributed by atoms with Crippen molar-refractivity contribution in [2.45, 2.75) is 230 Å². The maximum absolute atomic E-state index is 6.75. The molecule has 4 aliphatic carbocycles. The van der Waals surface area contributed by atoms with Gasteiger partial charge in [0.25, 0.3) is 0 Å². The standard InChI is InChI=1S/4C13H24ClSi2.2ClH.2Zr/c4*1-6-9-13(16(4,5)14)15(2,3)12-10-7-8-11-12;;;;/h4*7,10,13H,6,8-9H2,1-5H3;2*1H;;/q4*-1;;;2*+2/p-2. The molecule has 0 heterocycles. The first kappa shape index (κ1) is 77.7. The van der Waals surface area contributed by atoms with Crippen LogP contribution in [0.1, 0.15) is 105 Å². The Labute approximate surface area is 501 Å². The molecule has 0 amide bonds. The second-order valence-electron chi connectivity index (χ2n) is 23.3. The molecule has 0 nitrogen and oxygen atoms in total. The topological polar surface area (TPSA) is 0 Å². The van der Waals surface area contributed by atoms with Crippen molar-refractivity contribution in [1.82, 2.24) is 0 Å². The van der Waals surface area contributed by atoms with Gasteiger partial charge in [-0.3, -0.25) is 24.3 Å². The van der Waals surface area contributed by atoms with Crippen LogP contribution in [0.25, 0.3) is 0 Å². The summed E-state index contributed by atoms with van der Waals surface area (Å²) >= 11 is 27.0. The molecule has 0 aliphatic heterocycles. The molecule has 388 valence electrons. The van der Waals surface area contributed by atoms with Gasteiger partial charge >= 0.3 is 52.4 Å². The minimum Gasteiger partial charge on any atom is -1.00 e. The van der Waals surface area contributed by atoms with Crippen molar-refractivity contribution in [2.24, 2.45) is 0 Å². The molecule has 4 aliphatic rings. The van der Waals surface area contributed by atoms with Gasteiger partial charge in [-0.25, -0.2) is 45.1 Å². The smallest absolute Gasteiger partial charge is 1.00 e. The zero-order valence-corrected chi connectivity index (χ0v) is 64.1. The number of hydrogen-bond acceptors (Lipinski definition) is 0. The summed E-state index contributed by atoms with van der Waals surface area (Å²) in [7, 11) is -11.9. The molecule has 0 spiro atoms. The van der Waals surface area contributed by atoms with Gasteiger partial charge in [-0.1, -0.05) is 184 Å². The summed E-state index contributed by atoms with van der Waals surface area (Å²) in [5, 5.41) is 9.07. The molecule has 0 fully saturated rings. The minimum atomic E-state index is -1.57. The molecule has 0 aromatic heterocycles. The van der Waals surface area contributed by atoms with Crippen molar-refractivity contribution >= 4 is 106 Å². The van der Waals surface area contributed by atoms with Crippen LogP contribution in [0.2, 0.25) is 125 Å². The molecule has 4 atom stereocenters. The summed E-state index contributed by atoms with van der Waals surface area (Å²) in [6, 6.07) is 0. The predicted octanol–water partition coefficient (Wildman–Crippen LogP) is 14.3. The molecule has 0 saturated heterocycles. The Morgan fingerprint density at radius 2 is 0.500 bits per heavy atom. The first-order valence-corrected chi connectivity index (χ1v) is 53.7. The van der Waals surface area contributed by atoms with Crippen molar-refractivity contribution < 1.29 is 77.2 Å². The number of hydrogen-bond donors (Lipinski definition) is 0. The van der Waals surface area contributed by atoms with Crippen molar-refractivity contribution in [3.05, 3.63) is 93.7 Å². The van der Waals surface area contributed by atoms with Crippen LogP contribution in [0.3, 0.4) is 0 Å². The molecule has 0 radical (unpaired) electrons. The normalized spacial score (nSPS) is 17.6. The van der Waals surface area contributed by atoms with Crippen molar-refractivity contribution in [1.29, 1.82) is 0 Å².